The van der Waals surface area contributed by atoms with Crippen LogP contribution in [-0.4, -0.2) is 56.5 Å². The topological polar surface area (TPSA) is 81.6 Å². The highest BCUT2D eigenvalue weighted by Gasteiger charge is 2.24. The zero-order valence-electron chi connectivity index (χ0n) is 21.4. The Balaban J connectivity index is 1.37. The fourth-order valence-electron chi connectivity index (χ4n) is 4.48. The van der Waals surface area contributed by atoms with Crippen molar-refractivity contribution in [2.75, 3.05) is 41.7 Å². The molecule has 1 fully saturated rings. The molecule has 2 N–H and O–H groups in total. The number of hydrogen-bond acceptors (Lipinski definition) is 6. The van der Waals surface area contributed by atoms with Crippen LogP contribution in [0.25, 0.3) is 10.1 Å². The number of aryl methyl sites for hydroxylation is 4. The van der Waals surface area contributed by atoms with E-state index >= 15 is 0 Å². The molecule has 0 amide bonds. The van der Waals surface area contributed by atoms with Crippen LogP contribution in [0.15, 0.2) is 53.5 Å². The fourth-order valence-corrected chi connectivity index (χ4v) is 5.48. The molecule has 0 aliphatic carbocycles. The first-order valence-electron chi connectivity index (χ1n) is 12.3. The Morgan fingerprint density at radius 3 is 2.38 bits per heavy atom. The van der Waals surface area contributed by atoms with Gasteiger partial charge in [0.05, 0.1) is 4.70 Å². The molecule has 0 unspecified atom stereocenters. The van der Waals surface area contributed by atoms with E-state index in [4.69, 9.17) is 21.6 Å². The van der Waals surface area contributed by atoms with Gasteiger partial charge < -0.3 is 15.1 Å². The van der Waals surface area contributed by atoms with E-state index in [1.54, 1.807) is 11.5 Å². The molecule has 3 heterocycles. The summed E-state index contributed by atoms with van der Waals surface area (Å²) in [6, 6.07) is 16.6. The molecule has 1 aliphatic heterocycles. The molecule has 0 bridgehead atoms. The van der Waals surface area contributed by atoms with Gasteiger partial charge in [0.15, 0.2) is 0 Å². The standard InChI is InChI=1S/C27H30N8S2/c1-17-9-10-22(18(2)15-17)30-27(36)32-26(31-25-28-19(3)16-20(4)29-25)35-13-11-34(12-14-35)24-21-7-5-6-8-23(21)37-33-24/h5-10,15-16H,11-14H2,1-4H3,(H2,28,29,30,31,32,36). The number of piperazine rings is 1. The Bertz CT molecular complexity index is 1450. The second-order valence-electron chi connectivity index (χ2n) is 9.26. The molecule has 1 saturated heterocycles. The van der Waals surface area contributed by atoms with E-state index in [2.05, 4.69) is 80.6 Å². The van der Waals surface area contributed by atoms with Gasteiger partial charge in [0.25, 0.3) is 0 Å². The second-order valence-corrected chi connectivity index (χ2v) is 10.5. The van der Waals surface area contributed by atoms with Gasteiger partial charge in [-0.1, -0.05) is 29.8 Å². The number of nitrogens with zero attached hydrogens (tertiary/aromatic N) is 6. The zero-order valence-corrected chi connectivity index (χ0v) is 23.1. The maximum absolute atomic E-state index is 5.66. The van der Waals surface area contributed by atoms with Crippen LogP contribution in [0.1, 0.15) is 22.5 Å². The van der Waals surface area contributed by atoms with Crippen LogP contribution < -0.4 is 15.5 Å². The Morgan fingerprint density at radius 1 is 0.919 bits per heavy atom. The number of anilines is 3. The van der Waals surface area contributed by atoms with Crippen LogP contribution in [0.2, 0.25) is 0 Å². The number of thiocarbonyl (C=S) groups is 1. The molecule has 10 heteroatoms. The number of hydrogen-bond donors (Lipinski definition) is 2. The number of nitrogens with one attached hydrogen (secondary N) is 2. The molecule has 5 rings (SSSR count). The minimum Gasteiger partial charge on any atom is -0.352 e. The fraction of sp³-hybridized carbons (Fsp3) is 0.296. The van der Waals surface area contributed by atoms with Crippen molar-refractivity contribution in [3.05, 3.63) is 71.0 Å². The van der Waals surface area contributed by atoms with Gasteiger partial charge in [-0.25, -0.2) is 9.97 Å². The van der Waals surface area contributed by atoms with Crippen molar-refractivity contribution in [3.63, 3.8) is 0 Å². The second kappa shape index (κ2) is 10.8. The summed E-state index contributed by atoms with van der Waals surface area (Å²) in [6.45, 7) is 11.2. The molecule has 0 atom stereocenters. The average Bonchev–Trinajstić information content (AvgIpc) is 3.29. The zero-order chi connectivity index (χ0) is 25.9. The highest BCUT2D eigenvalue weighted by Crippen LogP contribution is 2.30. The van der Waals surface area contributed by atoms with Gasteiger partial charge in [-0.2, -0.15) is 9.37 Å². The Hall–Kier alpha value is -3.63. The molecule has 0 saturated carbocycles. The minimum absolute atomic E-state index is 0.381. The first-order chi connectivity index (χ1) is 17.9. The lowest BCUT2D eigenvalue weighted by molar-refractivity contribution is 0.384. The van der Waals surface area contributed by atoms with Gasteiger partial charge in [-0.3, -0.25) is 5.32 Å². The van der Waals surface area contributed by atoms with Gasteiger partial charge >= 0.3 is 0 Å². The van der Waals surface area contributed by atoms with Crippen LogP contribution in [0.4, 0.5) is 17.5 Å². The van der Waals surface area contributed by atoms with E-state index in [0.29, 0.717) is 17.0 Å². The third kappa shape index (κ3) is 5.86. The summed E-state index contributed by atoms with van der Waals surface area (Å²) in [7, 11) is 0. The summed E-state index contributed by atoms with van der Waals surface area (Å²) in [5.74, 6) is 2.20. The van der Waals surface area contributed by atoms with Gasteiger partial charge in [0, 0.05) is 48.6 Å². The van der Waals surface area contributed by atoms with Crippen molar-refractivity contribution in [1.29, 1.82) is 0 Å². The van der Waals surface area contributed by atoms with E-state index in [0.717, 1.165) is 54.6 Å². The average molecular weight is 531 g/mol. The van der Waals surface area contributed by atoms with Gasteiger partial charge in [-0.15, -0.1) is 0 Å². The van der Waals surface area contributed by atoms with Crippen LogP contribution in [0.3, 0.4) is 0 Å². The molecular weight excluding hydrogens is 500 g/mol. The molecule has 190 valence electrons. The molecule has 37 heavy (non-hydrogen) atoms. The van der Waals surface area contributed by atoms with Gasteiger partial charge in [0.2, 0.25) is 17.0 Å². The maximum Gasteiger partial charge on any atom is 0.229 e. The molecule has 1 aliphatic rings. The summed E-state index contributed by atoms with van der Waals surface area (Å²) in [6.07, 6.45) is 0. The Kier molecular flexibility index (Phi) is 7.29. The number of aliphatic imine (C=N–C) groups is 1. The highest BCUT2D eigenvalue weighted by atomic mass is 32.1. The minimum atomic E-state index is 0.381. The maximum atomic E-state index is 5.66. The smallest absolute Gasteiger partial charge is 0.229 e. The van der Waals surface area contributed by atoms with E-state index in [9.17, 15) is 0 Å². The Morgan fingerprint density at radius 2 is 1.65 bits per heavy atom. The largest absolute Gasteiger partial charge is 0.352 e. The third-order valence-corrected chi connectivity index (χ3v) is 7.28. The monoisotopic (exact) mass is 530 g/mol. The number of aromatic nitrogens is 3. The summed E-state index contributed by atoms with van der Waals surface area (Å²) >= 11 is 7.20. The molecule has 0 radical (unpaired) electrons. The van der Waals surface area contributed by atoms with Crippen molar-refractivity contribution < 1.29 is 0 Å². The lowest BCUT2D eigenvalue weighted by atomic mass is 10.1. The van der Waals surface area contributed by atoms with Gasteiger partial charge in [-0.05, 0) is 81.3 Å². The summed E-state index contributed by atoms with van der Waals surface area (Å²) < 4.78 is 5.95. The predicted molar refractivity (Wildman–Crippen MR) is 158 cm³/mol. The van der Waals surface area contributed by atoms with Crippen LogP contribution >= 0.6 is 23.8 Å². The number of rotatable bonds is 3. The van der Waals surface area contributed by atoms with Crippen molar-refractivity contribution in [1.82, 2.24) is 19.2 Å². The summed E-state index contributed by atoms with van der Waals surface area (Å²) in [5.41, 5.74) is 5.06. The van der Waals surface area contributed by atoms with Crippen LogP contribution in [0, 0.1) is 27.7 Å². The van der Waals surface area contributed by atoms with E-state index in [1.165, 1.54) is 15.6 Å². The quantitative estimate of drug-likeness (QED) is 0.210. The normalized spacial score (nSPS) is 14.2. The molecule has 2 aromatic carbocycles. The SMILES string of the molecule is Cc1ccc(NC(=S)/N=C(/Nc2nc(C)cc(C)n2)N2CCN(c3nsc4ccccc34)CC2)c(C)c1. The Labute approximate surface area is 226 Å². The lowest BCUT2D eigenvalue weighted by Gasteiger charge is -2.36. The van der Waals surface area contributed by atoms with Crippen molar-refractivity contribution in [2.45, 2.75) is 27.7 Å². The van der Waals surface area contributed by atoms with Crippen LogP contribution in [0.5, 0.6) is 0 Å². The molecule has 2 aromatic heterocycles. The molecule has 8 nitrogen and oxygen atoms in total. The molecule has 4 aromatic rings. The predicted octanol–water partition coefficient (Wildman–Crippen LogP) is 5.31. The van der Waals surface area contributed by atoms with Crippen LogP contribution in [-0.2, 0) is 0 Å². The molecular formula is C27H30N8S2. The first kappa shape index (κ1) is 25.0. The summed E-state index contributed by atoms with van der Waals surface area (Å²) in [4.78, 5) is 18.4. The first-order valence-corrected chi connectivity index (χ1v) is 13.4. The number of benzene rings is 2. The number of fused-ring (bicyclic) bond motifs is 1. The summed E-state index contributed by atoms with van der Waals surface area (Å²) in [5, 5.41) is 8.21. The van der Waals surface area contributed by atoms with Crippen molar-refractivity contribution in [2.24, 2.45) is 4.99 Å². The van der Waals surface area contributed by atoms with Crippen molar-refractivity contribution in [3.8, 4) is 0 Å². The third-order valence-electron chi connectivity index (χ3n) is 6.27. The molecule has 0 spiro atoms. The van der Waals surface area contributed by atoms with E-state index in [1.807, 2.05) is 26.0 Å². The van der Waals surface area contributed by atoms with E-state index < -0.39 is 0 Å². The number of guanidine groups is 1. The highest BCUT2D eigenvalue weighted by molar-refractivity contribution is 7.80. The van der Waals surface area contributed by atoms with Crippen molar-refractivity contribution >= 4 is 62.4 Å². The van der Waals surface area contributed by atoms with E-state index in [-0.39, 0.29) is 0 Å². The van der Waals surface area contributed by atoms with Gasteiger partial charge in [0.1, 0.15) is 5.82 Å². The lowest BCUT2D eigenvalue weighted by Crippen LogP contribution is -2.51.